The van der Waals surface area contributed by atoms with E-state index in [-0.39, 0.29) is 11.8 Å². The van der Waals surface area contributed by atoms with Crippen LogP contribution in [0.3, 0.4) is 0 Å². The zero-order valence-electron chi connectivity index (χ0n) is 14.4. The van der Waals surface area contributed by atoms with Crippen LogP contribution in [0.15, 0.2) is 34.9 Å². The van der Waals surface area contributed by atoms with Crippen LogP contribution in [0.2, 0.25) is 0 Å². The van der Waals surface area contributed by atoms with E-state index in [0.717, 1.165) is 31.8 Å². The van der Waals surface area contributed by atoms with Gasteiger partial charge in [0, 0.05) is 12.1 Å². The molecule has 0 unspecified atom stereocenters. The van der Waals surface area contributed by atoms with Gasteiger partial charge >= 0.3 is 11.9 Å². The average Bonchev–Trinajstić information content (AvgIpc) is 3.38. The monoisotopic (exact) mass is 374 g/mol. The number of nitro groups is 1. The van der Waals surface area contributed by atoms with E-state index in [2.05, 4.69) is 10.4 Å². The molecule has 1 saturated carbocycles. The second-order valence-corrected chi connectivity index (χ2v) is 6.02. The van der Waals surface area contributed by atoms with E-state index in [1.165, 1.54) is 18.2 Å². The molecule has 2 heterocycles. The molecule has 3 rings (SSSR count). The summed E-state index contributed by atoms with van der Waals surface area (Å²) in [6.07, 6.45) is 8.19. The normalized spacial score (nSPS) is 14.5. The zero-order valence-corrected chi connectivity index (χ0v) is 14.4. The molecule has 0 bridgehead atoms. The first-order valence-electron chi connectivity index (χ1n) is 8.45. The van der Waals surface area contributed by atoms with E-state index in [0.29, 0.717) is 5.82 Å². The maximum atomic E-state index is 12.0. The smallest absolute Gasteiger partial charge is 0.433 e. The molecule has 2 aromatic rings. The maximum absolute atomic E-state index is 12.0. The van der Waals surface area contributed by atoms with Crippen molar-refractivity contribution in [2.45, 2.75) is 31.7 Å². The topological polar surface area (TPSA) is 130 Å². The molecule has 0 radical (unpaired) electrons. The quantitative estimate of drug-likeness (QED) is 0.341. The molecule has 0 spiro atoms. The maximum Gasteiger partial charge on any atom is 0.433 e. The van der Waals surface area contributed by atoms with E-state index in [1.54, 1.807) is 16.9 Å². The second kappa shape index (κ2) is 8.30. The van der Waals surface area contributed by atoms with Crippen LogP contribution in [0.5, 0.6) is 0 Å². The highest BCUT2D eigenvalue weighted by molar-refractivity contribution is 5.94. The van der Waals surface area contributed by atoms with Crippen LogP contribution in [-0.2, 0) is 14.3 Å². The summed E-state index contributed by atoms with van der Waals surface area (Å²) in [6, 6.07) is 4.49. The van der Waals surface area contributed by atoms with Gasteiger partial charge in [0.1, 0.15) is 16.5 Å². The number of furan rings is 1. The van der Waals surface area contributed by atoms with Gasteiger partial charge in [0.05, 0.1) is 18.3 Å². The average molecular weight is 374 g/mol. The number of carbonyl (C=O) groups is 2. The third-order valence-electron chi connectivity index (χ3n) is 4.13. The lowest BCUT2D eigenvalue weighted by molar-refractivity contribution is -0.402. The third kappa shape index (κ3) is 4.81. The molecule has 0 aliphatic heterocycles. The van der Waals surface area contributed by atoms with Crippen molar-refractivity contribution in [1.29, 1.82) is 0 Å². The predicted molar refractivity (Wildman–Crippen MR) is 93.7 cm³/mol. The number of hydrogen-bond donors (Lipinski definition) is 1. The number of esters is 1. The number of nitrogens with one attached hydrogen (secondary N) is 1. The SMILES string of the molecule is O=C(COC(=O)/C=C/c1ccc([N+](=O)[O-])o1)Nc1ccnn1C1CCCC1. The van der Waals surface area contributed by atoms with Gasteiger partial charge in [-0.1, -0.05) is 12.8 Å². The van der Waals surface area contributed by atoms with Gasteiger partial charge in [-0.05, 0) is 25.0 Å². The molecule has 27 heavy (non-hydrogen) atoms. The Bertz CT molecular complexity index is 862. The molecule has 0 atom stereocenters. The number of anilines is 1. The van der Waals surface area contributed by atoms with Gasteiger partial charge in [0.15, 0.2) is 6.61 Å². The fourth-order valence-electron chi connectivity index (χ4n) is 2.90. The van der Waals surface area contributed by atoms with Crippen molar-refractivity contribution in [1.82, 2.24) is 9.78 Å². The highest BCUT2D eigenvalue weighted by Gasteiger charge is 2.20. The number of amides is 1. The van der Waals surface area contributed by atoms with Crippen molar-refractivity contribution in [2.24, 2.45) is 0 Å². The van der Waals surface area contributed by atoms with Crippen LogP contribution in [0, 0.1) is 10.1 Å². The van der Waals surface area contributed by atoms with Gasteiger partial charge < -0.3 is 14.5 Å². The molecule has 142 valence electrons. The van der Waals surface area contributed by atoms with Crippen LogP contribution < -0.4 is 5.32 Å². The van der Waals surface area contributed by atoms with Gasteiger partial charge in [0.2, 0.25) is 0 Å². The fraction of sp³-hybridized carbons (Fsp3) is 0.353. The highest BCUT2D eigenvalue weighted by atomic mass is 16.6. The zero-order chi connectivity index (χ0) is 19.2. The molecule has 10 nitrogen and oxygen atoms in total. The van der Waals surface area contributed by atoms with Gasteiger partial charge in [-0.3, -0.25) is 14.9 Å². The predicted octanol–water partition coefficient (Wildman–Crippen LogP) is 2.69. The number of rotatable bonds is 7. The summed E-state index contributed by atoms with van der Waals surface area (Å²) in [5.41, 5.74) is 0. The fourth-order valence-corrected chi connectivity index (χ4v) is 2.90. The highest BCUT2D eigenvalue weighted by Crippen LogP contribution is 2.31. The van der Waals surface area contributed by atoms with E-state index in [4.69, 9.17) is 9.15 Å². The van der Waals surface area contributed by atoms with Gasteiger partial charge in [-0.25, -0.2) is 9.48 Å². The molecule has 1 amide bonds. The Labute approximate surface area is 153 Å². The number of hydrogen-bond acceptors (Lipinski definition) is 7. The van der Waals surface area contributed by atoms with Crippen LogP contribution in [0.1, 0.15) is 37.5 Å². The Morgan fingerprint density at radius 1 is 1.37 bits per heavy atom. The molecule has 1 N–H and O–H groups in total. The van der Waals surface area contributed by atoms with Crippen molar-refractivity contribution < 1.29 is 23.7 Å². The molecule has 2 aromatic heterocycles. The van der Waals surface area contributed by atoms with Crippen molar-refractivity contribution in [3.8, 4) is 0 Å². The summed E-state index contributed by atoms with van der Waals surface area (Å²) in [4.78, 5) is 33.5. The Balaban J connectivity index is 1.47. The number of carbonyl (C=O) groups excluding carboxylic acids is 2. The van der Waals surface area contributed by atoms with Crippen LogP contribution in [-0.4, -0.2) is 33.2 Å². The van der Waals surface area contributed by atoms with Crippen molar-refractivity contribution >= 4 is 29.7 Å². The van der Waals surface area contributed by atoms with Crippen molar-refractivity contribution in [3.63, 3.8) is 0 Å². The summed E-state index contributed by atoms with van der Waals surface area (Å²) < 4.78 is 11.5. The first-order valence-corrected chi connectivity index (χ1v) is 8.45. The molecule has 0 aromatic carbocycles. The minimum absolute atomic E-state index is 0.128. The molecule has 10 heteroatoms. The third-order valence-corrected chi connectivity index (χ3v) is 4.13. The first-order chi connectivity index (χ1) is 13.0. The van der Waals surface area contributed by atoms with Gasteiger partial charge in [-0.2, -0.15) is 5.10 Å². The Kier molecular flexibility index (Phi) is 5.64. The minimum Gasteiger partial charge on any atom is -0.452 e. The summed E-state index contributed by atoms with van der Waals surface area (Å²) >= 11 is 0. The molecular weight excluding hydrogens is 356 g/mol. The second-order valence-electron chi connectivity index (χ2n) is 6.02. The van der Waals surface area contributed by atoms with Gasteiger partial charge in [0.25, 0.3) is 5.91 Å². The first kappa shape index (κ1) is 18.4. The van der Waals surface area contributed by atoms with E-state index < -0.39 is 29.3 Å². The molecule has 1 aliphatic rings. The van der Waals surface area contributed by atoms with Gasteiger partial charge in [-0.15, -0.1) is 0 Å². The summed E-state index contributed by atoms with van der Waals surface area (Å²) in [6.45, 7) is -0.461. The Hall–Kier alpha value is -3.43. The summed E-state index contributed by atoms with van der Waals surface area (Å²) in [5, 5.41) is 17.4. The van der Waals surface area contributed by atoms with Crippen LogP contribution in [0.4, 0.5) is 11.7 Å². The Morgan fingerprint density at radius 3 is 2.85 bits per heavy atom. The number of ether oxygens (including phenoxy) is 1. The van der Waals surface area contributed by atoms with Crippen molar-refractivity contribution in [3.05, 3.63) is 46.3 Å². The lowest BCUT2D eigenvalue weighted by Gasteiger charge is -2.14. The van der Waals surface area contributed by atoms with Crippen LogP contribution >= 0.6 is 0 Å². The molecule has 0 saturated heterocycles. The summed E-state index contributed by atoms with van der Waals surface area (Å²) in [5.74, 6) is -0.982. The van der Waals surface area contributed by atoms with Crippen molar-refractivity contribution in [2.75, 3.05) is 11.9 Å². The van der Waals surface area contributed by atoms with E-state index >= 15 is 0 Å². The molecular formula is C17H18N4O6. The summed E-state index contributed by atoms with van der Waals surface area (Å²) in [7, 11) is 0. The standard InChI is InChI=1S/C17H18N4O6/c22-15(19-14-9-10-18-20(14)12-3-1-2-4-12)11-26-17(23)8-6-13-5-7-16(27-13)21(24)25/h5-10,12H,1-4,11H2,(H,19,22)/b8-6+. The number of nitrogens with zero attached hydrogens (tertiary/aromatic N) is 3. The van der Waals surface area contributed by atoms with Crippen LogP contribution in [0.25, 0.3) is 6.08 Å². The lowest BCUT2D eigenvalue weighted by Crippen LogP contribution is -2.22. The molecule has 1 aliphatic carbocycles. The molecule has 1 fully saturated rings. The number of aromatic nitrogens is 2. The largest absolute Gasteiger partial charge is 0.452 e. The van der Waals surface area contributed by atoms with E-state index in [1.807, 2.05) is 0 Å². The minimum atomic E-state index is -0.770. The van der Waals surface area contributed by atoms with E-state index in [9.17, 15) is 19.7 Å². The Morgan fingerprint density at radius 2 is 2.15 bits per heavy atom. The lowest BCUT2D eigenvalue weighted by atomic mass is 10.2.